The summed E-state index contributed by atoms with van der Waals surface area (Å²) in [6.45, 7) is 0.896. The van der Waals surface area contributed by atoms with Crippen molar-refractivity contribution in [3.05, 3.63) is 59.7 Å². The van der Waals surface area contributed by atoms with E-state index in [2.05, 4.69) is 15.3 Å². The fourth-order valence-corrected chi connectivity index (χ4v) is 5.37. The number of amides is 1. The molecule has 25 heavy (non-hydrogen) atoms. The maximum Gasteiger partial charge on any atom is 0.257 e. The normalized spacial score (nSPS) is 13.8. The van der Waals surface area contributed by atoms with Gasteiger partial charge in [0.1, 0.15) is 4.38 Å². The summed E-state index contributed by atoms with van der Waals surface area (Å²) in [6, 6.07) is 15.6. The zero-order valence-corrected chi connectivity index (χ0v) is 15.7. The molecular formula is C18H15N3OS3. The lowest BCUT2D eigenvalue weighted by Gasteiger charge is -2.08. The van der Waals surface area contributed by atoms with E-state index in [9.17, 15) is 4.79 Å². The van der Waals surface area contributed by atoms with Crippen molar-refractivity contribution in [2.75, 3.05) is 17.6 Å². The molecule has 0 aliphatic carbocycles. The third kappa shape index (κ3) is 3.89. The van der Waals surface area contributed by atoms with Gasteiger partial charge in [-0.2, -0.15) is 0 Å². The zero-order valence-electron chi connectivity index (χ0n) is 13.3. The van der Waals surface area contributed by atoms with E-state index in [1.807, 2.05) is 48.5 Å². The van der Waals surface area contributed by atoms with Gasteiger partial charge in [0.05, 0.1) is 16.8 Å². The predicted octanol–water partition coefficient (Wildman–Crippen LogP) is 4.88. The van der Waals surface area contributed by atoms with Gasteiger partial charge in [0, 0.05) is 17.1 Å². The topological polar surface area (TPSA) is 54.4 Å². The second-order valence-corrected chi connectivity index (χ2v) is 8.72. The molecule has 0 fully saturated rings. The smallest absolute Gasteiger partial charge is 0.257 e. The molecule has 126 valence electrons. The van der Waals surface area contributed by atoms with Crippen LogP contribution < -0.4 is 5.32 Å². The molecule has 3 aromatic rings. The number of nitrogens with zero attached hydrogens (tertiary/aromatic N) is 2. The van der Waals surface area contributed by atoms with Crippen LogP contribution in [0.15, 0.2) is 53.5 Å². The Balaban J connectivity index is 1.51. The first-order valence-electron chi connectivity index (χ1n) is 7.84. The third-order valence-electron chi connectivity index (χ3n) is 3.69. The Morgan fingerprint density at radius 1 is 1.16 bits per heavy atom. The molecule has 7 heteroatoms. The molecule has 1 aliphatic heterocycles. The third-order valence-corrected chi connectivity index (χ3v) is 6.94. The van der Waals surface area contributed by atoms with E-state index in [4.69, 9.17) is 0 Å². The van der Waals surface area contributed by atoms with Crippen molar-refractivity contribution in [1.82, 2.24) is 4.98 Å². The van der Waals surface area contributed by atoms with Crippen LogP contribution in [-0.4, -0.2) is 27.6 Å². The Kier molecular flexibility index (Phi) is 5.05. The van der Waals surface area contributed by atoms with E-state index in [1.54, 1.807) is 23.5 Å². The van der Waals surface area contributed by atoms with Gasteiger partial charge in [0.25, 0.3) is 5.91 Å². The molecule has 0 spiro atoms. The summed E-state index contributed by atoms with van der Waals surface area (Å²) in [7, 11) is 0. The van der Waals surface area contributed by atoms with E-state index in [0.29, 0.717) is 10.7 Å². The highest BCUT2D eigenvalue weighted by atomic mass is 32.2. The molecule has 0 atom stereocenters. The SMILES string of the molecule is O=C(Nc1nc2ccccc2s1)c1ccccc1CSC1=NCCS1. The summed E-state index contributed by atoms with van der Waals surface area (Å²) in [5.41, 5.74) is 2.61. The number of rotatable bonds is 4. The maximum absolute atomic E-state index is 12.7. The molecular weight excluding hydrogens is 370 g/mol. The minimum absolute atomic E-state index is 0.115. The summed E-state index contributed by atoms with van der Waals surface area (Å²) < 4.78 is 2.18. The number of thiazole rings is 1. The molecule has 0 saturated carbocycles. The first-order chi connectivity index (χ1) is 12.3. The number of aromatic nitrogens is 1. The molecule has 2 aromatic carbocycles. The molecule has 1 aromatic heterocycles. The summed E-state index contributed by atoms with van der Waals surface area (Å²) in [4.78, 5) is 21.6. The van der Waals surface area contributed by atoms with Gasteiger partial charge in [-0.3, -0.25) is 15.1 Å². The largest absolute Gasteiger partial charge is 0.298 e. The number of hydrogen-bond donors (Lipinski definition) is 1. The number of benzene rings is 2. The van der Waals surface area contributed by atoms with Gasteiger partial charge in [-0.15, -0.1) is 0 Å². The predicted molar refractivity (Wildman–Crippen MR) is 110 cm³/mol. The van der Waals surface area contributed by atoms with Crippen LogP contribution in [0.4, 0.5) is 5.13 Å². The van der Waals surface area contributed by atoms with Crippen molar-refractivity contribution < 1.29 is 4.79 Å². The highest BCUT2D eigenvalue weighted by Crippen LogP contribution is 2.28. The van der Waals surface area contributed by atoms with E-state index >= 15 is 0 Å². The van der Waals surface area contributed by atoms with E-state index in [1.165, 1.54) is 11.3 Å². The van der Waals surface area contributed by atoms with Crippen molar-refractivity contribution in [3.63, 3.8) is 0 Å². The molecule has 1 amide bonds. The lowest BCUT2D eigenvalue weighted by molar-refractivity contribution is 0.102. The number of anilines is 1. The van der Waals surface area contributed by atoms with Crippen LogP contribution in [-0.2, 0) is 5.75 Å². The number of nitrogens with one attached hydrogen (secondary N) is 1. The lowest BCUT2D eigenvalue weighted by Crippen LogP contribution is -2.13. The zero-order chi connectivity index (χ0) is 17.1. The second kappa shape index (κ2) is 7.59. The molecule has 2 heterocycles. The van der Waals surface area contributed by atoms with Crippen LogP contribution in [0.1, 0.15) is 15.9 Å². The van der Waals surface area contributed by atoms with E-state index < -0.39 is 0 Å². The number of fused-ring (bicyclic) bond motifs is 1. The summed E-state index contributed by atoms with van der Waals surface area (Å²) in [5, 5.41) is 3.57. The van der Waals surface area contributed by atoms with Crippen LogP contribution in [0.25, 0.3) is 10.2 Å². The number of carbonyl (C=O) groups is 1. The van der Waals surface area contributed by atoms with Gasteiger partial charge in [-0.1, -0.05) is 65.2 Å². The average Bonchev–Trinajstić information content (AvgIpc) is 3.29. The van der Waals surface area contributed by atoms with E-state index in [-0.39, 0.29) is 5.91 Å². The van der Waals surface area contributed by atoms with Crippen molar-refractivity contribution >= 4 is 60.5 Å². The molecule has 1 N–H and O–H groups in total. The summed E-state index contributed by atoms with van der Waals surface area (Å²) in [5.74, 6) is 1.69. The van der Waals surface area contributed by atoms with Gasteiger partial charge in [-0.25, -0.2) is 4.98 Å². The monoisotopic (exact) mass is 385 g/mol. The molecule has 0 unspecified atom stereocenters. The Hall–Kier alpha value is -1.83. The molecule has 0 saturated heterocycles. The van der Waals surface area contributed by atoms with Crippen LogP contribution in [0.5, 0.6) is 0 Å². The minimum atomic E-state index is -0.115. The number of carbonyl (C=O) groups excluding carboxylic acids is 1. The quantitative estimate of drug-likeness (QED) is 0.695. The van der Waals surface area contributed by atoms with Crippen molar-refractivity contribution in [3.8, 4) is 0 Å². The van der Waals surface area contributed by atoms with Gasteiger partial charge >= 0.3 is 0 Å². The number of para-hydroxylation sites is 1. The highest BCUT2D eigenvalue weighted by molar-refractivity contribution is 8.38. The number of thioether (sulfide) groups is 2. The standard InChI is InChI=1S/C18H15N3OS3/c22-16(21-17-20-14-7-3-4-8-15(14)25-17)13-6-2-1-5-12(13)11-24-18-19-9-10-23-18/h1-8H,9-11H2,(H,20,21,22). The highest BCUT2D eigenvalue weighted by Gasteiger charge is 2.15. The van der Waals surface area contributed by atoms with Gasteiger partial charge in [-0.05, 0) is 23.8 Å². The van der Waals surface area contributed by atoms with Gasteiger partial charge < -0.3 is 0 Å². The Labute approximate surface area is 158 Å². The Morgan fingerprint density at radius 3 is 2.84 bits per heavy atom. The van der Waals surface area contributed by atoms with Crippen molar-refractivity contribution in [1.29, 1.82) is 0 Å². The van der Waals surface area contributed by atoms with Crippen molar-refractivity contribution in [2.45, 2.75) is 5.75 Å². The summed E-state index contributed by atoms with van der Waals surface area (Å²) >= 11 is 4.97. The summed E-state index contributed by atoms with van der Waals surface area (Å²) in [6.07, 6.45) is 0. The fraction of sp³-hybridized carbons (Fsp3) is 0.167. The van der Waals surface area contributed by atoms with Crippen LogP contribution in [0, 0.1) is 0 Å². The average molecular weight is 386 g/mol. The number of hydrogen-bond acceptors (Lipinski definition) is 6. The Morgan fingerprint density at radius 2 is 2.00 bits per heavy atom. The first-order valence-corrected chi connectivity index (χ1v) is 10.6. The molecule has 1 aliphatic rings. The molecule has 0 bridgehead atoms. The maximum atomic E-state index is 12.7. The van der Waals surface area contributed by atoms with Crippen LogP contribution in [0.3, 0.4) is 0 Å². The fourth-order valence-electron chi connectivity index (χ4n) is 2.50. The number of aliphatic imine (C=N–C) groups is 1. The van der Waals surface area contributed by atoms with Crippen molar-refractivity contribution in [2.24, 2.45) is 4.99 Å². The van der Waals surface area contributed by atoms with Gasteiger partial charge in [0.2, 0.25) is 0 Å². The van der Waals surface area contributed by atoms with Crippen LogP contribution >= 0.6 is 34.9 Å². The minimum Gasteiger partial charge on any atom is -0.298 e. The lowest BCUT2D eigenvalue weighted by atomic mass is 10.1. The second-order valence-electron chi connectivity index (χ2n) is 5.38. The van der Waals surface area contributed by atoms with Crippen LogP contribution in [0.2, 0.25) is 0 Å². The van der Waals surface area contributed by atoms with E-state index in [0.717, 1.165) is 38.2 Å². The van der Waals surface area contributed by atoms with Gasteiger partial charge in [0.15, 0.2) is 5.13 Å². The molecule has 0 radical (unpaired) electrons. The molecule has 4 rings (SSSR count). The molecule has 4 nitrogen and oxygen atoms in total. The Bertz CT molecular complexity index is 918. The first kappa shape index (κ1) is 16.6.